The SMILES string of the molecule is C[C@H](Cc1ccco1)NC(=O)N1CCc2sccc2C1. The van der Waals surface area contributed by atoms with E-state index < -0.39 is 0 Å². The second kappa shape index (κ2) is 5.71. The van der Waals surface area contributed by atoms with Crippen molar-refractivity contribution in [2.24, 2.45) is 0 Å². The van der Waals surface area contributed by atoms with Crippen LogP contribution in [0.1, 0.15) is 23.1 Å². The van der Waals surface area contributed by atoms with E-state index in [1.54, 1.807) is 17.6 Å². The maximum Gasteiger partial charge on any atom is 0.317 e. The predicted molar refractivity (Wildman–Crippen MR) is 78.8 cm³/mol. The summed E-state index contributed by atoms with van der Waals surface area (Å²) in [5.74, 6) is 0.900. The van der Waals surface area contributed by atoms with Crippen LogP contribution >= 0.6 is 11.3 Å². The average molecular weight is 290 g/mol. The van der Waals surface area contributed by atoms with Crippen molar-refractivity contribution in [3.63, 3.8) is 0 Å². The van der Waals surface area contributed by atoms with E-state index in [1.165, 1.54) is 10.4 Å². The Morgan fingerprint density at radius 1 is 1.55 bits per heavy atom. The number of carbonyl (C=O) groups excluding carboxylic acids is 1. The summed E-state index contributed by atoms with van der Waals surface area (Å²) in [5, 5.41) is 5.14. The highest BCUT2D eigenvalue weighted by Gasteiger charge is 2.22. The molecule has 1 atom stereocenters. The van der Waals surface area contributed by atoms with Crippen LogP contribution in [0.25, 0.3) is 0 Å². The number of furan rings is 1. The van der Waals surface area contributed by atoms with Crippen molar-refractivity contribution < 1.29 is 9.21 Å². The van der Waals surface area contributed by atoms with Crippen LogP contribution in [0.15, 0.2) is 34.3 Å². The summed E-state index contributed by atoms with van der Waals surface area (Å²) in [5.41, 5.74) is 1.29. The molecule has 1 aliphatic rings. The fourth-order valence-corrected chi connectivity index (χ4v) is 3.40. The summed E-state index contributed by atoms with van der Waals surface area (Å²) in [4.78, 5) is 15.6. The number of hydrogen-bond acceptors (Lipinski definition) is 3. The van der Waals surface area contributed by atoms with E-state index in [-0.39, 0.29) is 12.1 Å². The van der Waals surface area contributed by atoms with E-state index in [1.807, 2.05) is 24.0 Å². The topological polar surface area (TPSA) is 45.5 Å². The van der Waals surface area contributed by atoms with Crippen LogP contribution in [-0.4, -0.2) is 23.5 Å². The first-order valence-electron chi connectivity index (χ1n) is 6.85. The summed E-state index contributed by atoms with van der Waals surface area (Å²) in [6.07, 6.45) is 3.34. The highest BCUT2D eigenvalue weighted by molar-refractivity contribution is 7.10. The Morgan fingerprint density at radius 2 is 2.45 bits per heavy atom. The van der Waals surface area contributed by atoms with Gasteiger partial charge < -0.3 is 14.6 Å². The van der Waals surface area contributed by atoms with Gasteiger partial charge in [0.15, 0.2) is 0 Å². The van der Waals surface area contributed by atoms with Crippen LogP contribution < -0.4 is 5.32 Å². The van der Waals surface area contributed by atoms with Crippen molar-refractivity contribution in [1.82, 2.24) is 10.2 Å². The van der Waals surface area contributed by atoms with Gasteiger partial charge in [0.25, 0.3) is 0 Å². The molecule has 1 N–H and O–H groups in total. The predicted octanol–water partition coefficient (Wildman–Crippen LogP) is 3.04. The summed E-state index contributed by atoms with van der Waals surface area (Å²) in [6, 6.07) is 6.00. The molecule has 0 aliphatic carbocycles. The molecule has 20 heavy (non-hydrogen) atoms. The Balaban J connectivity index is 1.54. The number of thiophene rings is 1. The molecule has 2 amide bonds. The Kier molecular flexibility index (Phi) is 3.78. The van der Waals surface area contributed by atoms with Crippen LogP contribution in [0.4, 0.5) is 4.79 Å². The second-order valence-electron chi connectivity index (χ2n) is 5.17. The van der Waals surface area contributed by atoms with Crippen LogP contribution in [0, 0.1) is 0 Å². The number of nitrogens with one attached hydrogen (secondary N) is 1. The number of nitrogens with zero attached hydrogens (tertiary/aromatic N) is 1. The van der Waals surface area contributed by atoms with E-state index in [4.69, 9.17) is 4.42 Å². The first kappa shape index (κ1) is 13.2. The molecule has 4 nitrogen and oxygen atoms in total. The van der Waals surface area contributed by atoms with Crippen molar-refractivity contribution in [1.29, 1.82) is 0 Å². The van der Waals surface area contributed by atoms with Crippen molar-refractivity contribution in [2.75, 3.05) is 6.54 Å². The first-order chi connectivity index (χ1) is 9.72. The molecule has 2 aromatic rings. The molecule has 0 bridgehead atoms. The van der Waals surface area contributed by atoms with Crippen LogP contribution in [0.5, 0.6) is 0 Å². The van der Waals surface area contributed by atoms with Gasteiger partial charge in [0.1, 0.15) is 5.76 Å². The van der Waals surface area contributed by atoms with E-state index in [0.29, 0.717) is 0 Å². The molecule has 1 aliphatic heterocycles. The fourth-order valence-electron chi connectivity index (χ4n) is 2.51. The van der Waals surface area contributed by atoms with Gasteiger partial charge in [-0.25, -0.2) is 4.79 Å². The summed E-state index contributed by atoms with van der Waals surface area (Å²) < 4.78 is 5.30. The van der Waals surface area contributed by atoms with E-state index >= 15 is 0 Å². The molecular weight excluding hydrogens is 272 g/mol. The number of rotatable bonds is 3. The smallest absolute Gasteiger partial charge is 0.317 e. The summed E-state index contributed by atoms with van der Waals surface area (Å²) in [6.45, 7) is 3.52. The lowest BCUT2D eigenvalue weighted by atomic mass is 10.1. The van der Waals surface area contributed by atoms with Crippen molar-refractivity contribution in [3.8, 4) is 0 Å². The largest absolute Gasteiger partial charge is 0.469 e. The number of carbonyl (C=O) groups is 1. The van der Waals surface area contributed by atoms with E-state index in [9.17, 15) is 4.79 Å². The summed E-state index contributed by atoms with van der Waals surface area (Å²) in [7, 11) is 0. The average Bonchev–Trinajstić information content (AvgIpc) is 3.07. The third kappa shape index (κ3) is 2.88. The molecule has 0 radical (unpaired) electrons. The molecule has 0 saturated carbocycles. The maximum absolute atomic E-state index is 12.3. The van der Waals surface area contributed by atoms with Crippen molar-refractivity contribution in [2.45, 2.75) is 32.4 Å². The zero-order valence-corrected chi connectivity index (χ0v) is 12.3. The normalized spacial score (nSPS) is 15.8. The Morgan fingerprint density at radius 3 is 3.25 bits per heavy atom. The van der Waals surface area contributed by atoms with Gasteiger partial charge in [-0.1, -0.05) is 0 Å². The lowest BCUT2D eigenvalue weighted by molar-refractivity contribution is 0.189. The molecular formula is C15H18N2O2S. The Hall–Kier alpha value is -1.75. The van der Waals surface area contributed by atoms with Gasteiger partial charge in [-0.3, -0.25) is 0 Å². The molecule has 106 valence electrons. The molecule has 0 aromatic carbocycles. The van der Waals surface area contributed by atoms with Gasteiger partial charge in [-0.05, 0) is 42.5 Å². The standard InChI is InChI=1S/C15H18N2O2S/c1-11(9-13-3-2-7-19-13)16-15(18)17-6-4-14-12(10-17)5-8-20-14/h2-3,5,7-8,11H,4,6,9-10H2,1H3,(H,16,18)/t11-/m1/s1. The lowest BCUT2D eigenvalue weighted by Gasteiger charge is -2.28. The van der Waals surface area contributed by atoms with Gasteiger partial charge in [0.05, 0.1) is 6.26 Å². The van der Waals surface area contributed by atoms with Gasteiger partial charge in [0, 0.05) is 30.4 Å². The van der Waals surface area contributed by atoms with Crippen LogP contribution in [0.3, 0.4) is 0 Å². The van der Waals surface area contributed by atoms with Crippen LogP contribution in [0.2, 0.25) is 0 Å². The maximum atomic E-state index is 12.3. The first-order valence-corrected chi connectivity index (χ1v) is 7.73. The van der Waals surface area contributed by atoms with E-state index in [2.05, 4.69) is 16.8 Å². The number of amides is 2. The molecule has 0 fully saturated rings. The molecule has 2 aromatic heterocycles. The minimum Gasteiger partial charge on any atom is -0.469 e. The zero-order chi connectivity index (χ0) is 13.9. The van der Waals surface area contributed by atoms with Crippen LogP contribution in [-0.2, 0) is 19.4 Å². The van der Waals surface area contributed by atoms with Crippen molar-refractivity contribution >= 4 is 17.4 Å². The molecule has 0 unspecified atom stereocenters. The number of urea groups is 1. The quantitative estimate of drug-likeness (QED) is 0.944. The number of fused-ring (bicyclic) bond motifs is 1. The van der Waals surface area contributed by atoms with Gasteiger partial charge in [-0.2, -0.15) is 0 Å². The van der Waals surface area contributed by atoms with Gasteiger partial charge in [-0.15, -0.1) is 11.3 Å². The summed E-state index contributed by atoms with van der Waals surface area (Å²) >= 11 is 1.79. The Labute approximate surface area is 122 Å². The lowest BCUT2D eigenvalue weighted by Crippen LogP contribution is -2.46. The fraction of sp³-hybridized carbons (Fsp3) is 0.400. The van der Waals surface area contributed by atoms with Gasteiger partial charge in [0.2, 0.25) is 0 Å². The van der Waals surface area contributed by atoms with Gasteiger partial charge >= 0.3 is 6.03 Å². The van der Waals surface area contributed by atoms with Crippen molar-refractivity contribution in [3.05, 3.63) is 46.0 Å². The zero-order valence-electron chi connectivity index (χ0n) is 11.5. The molecule has 3 heterocycles. The highest BCUT2D eigenvalue weighted by atomic mass is 32.1. The second-order valence-corrected chi connectivity index (χ2v) is 6.18. The minimum absolute atomic E-state index is 0.0147. The van der Waals surface area contributed by atoms with E-state index in [0.717, 1.165) is 31.7 Å². The molecule has 5 heteroatoms. The Bertz CT molecular complexity index is 576. The number of hydrogen-bond donors (Lipinski definition) is 1. The third-order valence-electron chi connectivity index (χ3n) is 3.55. The molecule has 0 saturated heterocycles. The highest BCUT2D eigenvalue weighted by Crippen LogP contribution is 2.23. The minimum atomic E-state index is 0.0147. The molecule has 0 spiro atoms. The molecule has 3 rings (SSSR count). The monoisotopic (exact) mass is 290 g/mol. The third-order valence-corrected chi connectivity index (χ3v) is 4.58.